The summed E-state index contributed by atoms with van der Waals surface area (Å²) in [5, 5.41) is 7.26. The second kappa shape index (κ2) is 9.50. The molecule has 4 rings (SSSR count). The third-order valence-electron chi connectivity index (χ3n) is 5.35. The van der Waals surface area contributed by atoms with Gasteiger partial charge in [-0.3, -0.25) is 14.2 Å². The van der Waals surface area contributed by atoms with Gasteiger partial charge in [-0.2, -0.15) is 9.78 Å². The van der Waals surface area contributed by atoms with Crippen molar-refractivity contribution in [2.75, 3.05) is 13.2 Å². The molecule has 1 aromatic heterocycles. The van der Waals surface area contributed by atoms with Crippen molar-refractivity contribution in [1.29, 1.82) is 0 Å². The molecule has 0 spiro atoms. The summed E-state index contributed by atoms with van der Waals surface area (Å²) in [6, 6.07) is 14.0. The molecule has 1 atom stereocenters. The third kappa shape index (κ3) is 4.66. The van der Waals surface area contributed by atoms with Crippen molar-refractivity contribution < 1.29 is 9.53 Å². The number of nitrogens with zero attached hydrogens (tertiary/aromatic N) is 3. The fourth-order valence-electron chi connectivity index (χ4n) is 3.54. The smallest absolute Gasteiger partial charge is 0.352 e. The number of halogens is 1. The van der Waals surface area contributed by atoms with Crippen molar-refractivity contribution in [1.82, 2.24) is 19.7 Å². The highest BCUT2D eigenvalue weighted by molar-refractivity contribution is 6.31. The number of nitrogens with one attached hydrogen (secondary N) is 1. The van der Waals surface area contributed by atoms with E-state index in [-0.39, 0.29) is 24.9 Å². The number of hydrogen-bond donors (Lipinski definition) is 1. The highest BCUT2D eigenvalue weighted by Crippen LogP contribution is 2.15. The third-order valence-corrected chi connectivity index (χ3v) is 5.72. The quantitative estimate of drug-likeness (QED) is 0.616. The van der Waals surface area contributed by atoms with E-state index in [9.17, 15) is 14.4 Å². The molecule has 0 aliphatic carbocycles. The van der Waals surface area contributed by atoms with Crippen LogP contribution in [0.3, 0.4) is 0 Å². The molecule has 0 saturated carbocycles. The van der Waals surface area contributed by atoms with Gasteiger partial charge in [-0.15, -0.1) is 0 Å². The van der Waals surface area contributed by atoms with E-state index in [1.54, 1.807) is 36.4 Å². The molecule has 166 valence electrons. The predicted molar refractivity (Wildman–Crippen MR) is 121 cm³/mol. The maximum absolute atomic E-state index is 13.2. The molecule has 1 aliphatic rings. The Hall–Kier alpha value is -3.23. The first kappa shape index (κ1) is 22.0. The lowest BCUT2D eigenvalue weighted by atomic mass is 10.2. The monoisotopic (exact) mass is 454 g/mol. The van der Waals surface area contributed by atoms with Crippen LogP contribution in [0, 0.1) is 6.92 Å². The van der Waals surface area contributed by atoms with Crippen LogP contribution in [0.2, 0.25) is 5.02 Å². The van der Waals surface area contributed by atoms with E-state index in [4.69, 9.17) is 16.3 Å². The zero-order valence-electron chi connectivity index (χ0n) is 17.6. The zero-order valence-corrected chi connectivity index (χ0v) is 18.3. The molecule has 1 fully saturated rings. The summed E-state index contributed by atoms with van der Waals surface area (Å²) in [7, 11) is 0. The highest BCUT2D eigenvalue weighted by atomic mass is 35.5. The van der Waals surface area contributed by atoms with Gasteiger partial charge in [0.05, 0.1) is 18.3 Å². The van der Waals surface area contributed by atoms with Gasteiger partial charge < -0.3 is 10.1 Å². The van der Waals surface area contributed by atoms with Crippen molar-refractivity contribution in [2.45, 2.75) is 32.4 Å². The highest BCUT2D eigenvalue weighted by Gasteiger charge is 2.23. The fourth-order valence-corrected chi connectivity index (χ4v) is 3.74. The van der Waals surface area contributed by atoms with E-state index >= 15 is 0 Å². The summed E-state index contributed by atoms with van der Waals surface area (Å²) < 4.78 is 7.57. The van der Waals surface area contributed by atoms with Gasteiger partial charge in [-0.25, -0.2) is 4.79 Å². The molecule has 32 heavy (non-hydrogen) atoms. The average molecular weight is 455 g/mol. The second-order valence-corrected chi connectivity index (χ2v) is 8.11. The first-order valence-electron chi connectivity index (χ1n) is 10.4. The number of amides is 1. The van der Waals surface area contributed by atoms with Gasteiger partial charge in [0.1, 0.15) is 0 Å². The molecule has 0 radical (unpaired) electrons. The van der Waals surface area contributed by atoms with Crippen LogP contribution in [0.25, 0.3) is 5.69 Å². The molecule has 8 nitrogen and oxygen atoms in total. The summed E-state index contributed by atoms with van der Waals surface area (Å²) in [4.78, 5) is 39.2. The number of aromatic nitrogens is 3. The standard InChI is InChI=1S/C23H23ClN4O4/c1-15-8-10-17(11-9-15)28-23(31)27(14-16-5-2-3-7-19(16)24)22(30)20(26-28)21(29)25-13-18-6-4-12-32-18/h2-3,5,7-11,18H,4,6,12-14H2,1H3,(H,25,29)/t18-/m1/s1. The van der Waals surface area contributed by atoms with E-state index in [1.807, 2.05) is 19.1 Å². The van der Waals surface area contributed by atoms with Gasteiger partial charge in [-0.05, 0) is 43.5 Å². The molecule has 0 bridgehead atoms. The van der Waals surface area contributed by atoms with Crippen molar-refractivity contribution in [2.24, 2.45) is 0 Å². The van der Waals surface area contributed by atoms with Crippen molar-refractivity contribution in [3.63, 3.8) is 0 Å². The molecule has 9 heteroatoms. The zero-order chi connectivity index (χ0) is 22.7. The number of rotatable bonds is 6. The Kier molecular flexibility index (Phi) is 6.53. The minimum atomic E-state index is -0.775. The predicted octanol–water partition coefficient (Wildman–Crippen LogP) is 2.31. The maximum Gasteiger partial charge on any atom is 0.352 e. The molecule has 2 aromatic carbocycles. The summed E-state index contributed by atoms with van der Waals surface area (Å²) in [6.07, 6.45) is 1.68. The molecule has 1 amide bonds. The molecule has 2 heterocycles. The number of carbonyl (C=O) groups excluding carboxylic acids is 1. The van der Waals surface area contributed by atoms with E-state index in [2.05, 4.69) is 10.4 Å². The summed E-state index contributed by atoms with van der Waals surface area (Å²) in [5.41, 5.74) is 0.232. The first-order valence-corrected chi connectivity index (χ1v) is 10.8. The van der Waals surface area contributed by atoms with Gasteiger partial charge in [0.2, 0.25) is 5.69 Å². The number of benzene rings is 2. The molecular weight excluding hydrogens is 432 g/mol. The Morgan fingerprint density at radius 3 is 2.62 bits per heavy atom. The molecular formula is C23H23ClN4O4. The lowest BCUT2D eigenvalue weighted by molar-refractivity contribution is 0.0849. The average Bonchev–Trinajstić information content (AvgIpc) is 3.31. The van der Waals surface area contributed by atoms with Crippen LogP contribution in [-0.4, -0.2) is 39.5 Å². The molecule has 1 saturated heterocycles. The summed E-state index contributed by atoms with van der Waals surface area (Å²) >= 11 is 6.24. The van der Waals surface area contributed by atoms with E-state index in [0.29, 0.717) is 22.9 Å². The van der Waals surface area contributed by atoms with Crippen LogP contribution in [0.1, 0.15) is 34.5 Å². The van der Waals surface area contributed by atoms with E-state index < -0.39 is 17.2 Å². The number of aryl methyl sites for hydroxylation is 1. The lowest BCUT2D eigenvalue weighted by Crippen LogP contribution is -2.46. The number of hydrogen-bond acceptors (Lipinski definition) is 5. The Morgan fingerprint density at radius 2 is 1.94 bits per heavy atom. The van der Waals surface area contributed by atoms with Gasteiger partial charge in [0.25, 0.3) is 11.5 Å². The minimum absolute atomic E-state index is 0.0856. The van der Waals surface area contributed by atoms with Crippen LogP contribution < -0.4 is 16.6 Å². The van der Waals surface area contributed by atoms with Crippen LogP contribution in [0.4, 0.5) is 0 Å². The van der Waals surface area contributed by atoms with Crippen LogP contribution in [0.5, 0.6) is 0 Å². The largest absolute Gasteiger partial charge is 0.376 e. The molecule has 1 N–H and O–H groups in total. The number of ether oxygens (including phenoxy) is 1. The maximum atomic E-state index is 13.2. The second-order valence-electron chi connectivity index (χ2n) is 7.71. The van der Waals surface area contributed by atoms with Gasteiger partial charge in [0, 0.05) is 18.2 Å². The van der Waals surface area contributed by atoms with E-state index in [0.717, 1.165) is 27.7 Å². The van der Waals surface area contributed by atoms with Crippen molar-refractivity contribution in [3.05, 3.63) is 91.2 Å². The molecule has 1 aliphatic heterocycles. The molecule has 3 aromatic rings. The SMILES string of the molecule is Cc1ccc(-n2nc(C(=O)NC[C@H]3CCCO3)c(=O)n(Cc3ccccc3Cl)c2=O)cc1. The van der Waals surface area contributed by atoms with Crippen LogP contribution in [0.15, 0.2) is 58.1 Å². The minimum Gasteiger partial charge on any atom is -0.376 e. The summed E-state index contributed by atoms with van der Waals surface area (Å²) in [5.74, 6) is -0.653. The Morgan fingerprint density at radius 1 is 1.19 bits per heavy atom. The Bertz CT molecular complexity index is 1240. The fraction of sp³-hybridized carbons (Fsp3) is 0.304. The van der Waals surface area contributed by atoms with Crippen LogP contribution >= 0.6 is 11.6 Å². The molecule has 0 unspecified atom stereocenters. The normalized spacial score (nSPS) is 15.6. The topological polar surface area (TPSA) is 95.2 Å². The first-order chi connectivity index (χ1) is 15.4. The van der Waals surface area contributed by atoms with Gasteiger partial charge in [0.15, 0.2) is 0 Å². The van der Waals surface area contributed by atoms with Crippen molar-refractivity contribution >= 4 is 17.5 Å². The van der Waals surface area contributed by atoms with Gasteiger partial charge in [-0.1, -0.05) is 47.5 Å². The Labute approximate surface area is 189 Å². The van der Waals surface area contributed by atoms with Crippen LogP contribution in [-0.2, 0) is 11.3 Å². The van der Waals surface area contributed by atoms with E-state index in [1.165, 1.54) is 0 Å². The lowest BCUT2D eigenvalue weighted by Gasteiger charge is -2.14. The number of carbonyl (C=O) groups is 1. The van der Waals surface area contributed by atoms with Gasteiger partial charge >= 0.3 is 5.69 Å². The summed E-state index contributed by atoms with van der Waals surface area (Å²) in [6.45, 7) is 2.76. The van der Waals surface area contributed by atoms with Crippen molar-refractivity contribution in [3.8, 4) is 5.69 Å². The Balaban J connectivity index is 1.77.